The molecule has 28 heavy (non-hydrogen) atoms. The van der Waals surface area contributed by atoms with Gasteiger partial charge >= 0.3 is 6.09 Å². The Morgan fingerprint density at radius 1 is 1.14 bits per heavy atom. The first-order valence-corrected chi connectivity index (χ1v) is 9.80. The van der Waals surface area contributed by atoms with Crippen molar-refractivity contribution in [3.63, 3.8) is 0 Å². The molecule has 0 bridgehead atoms. The second-order valence-electron chi connectivity index (χ2n) is 7.59. The van der Waals surface area contributed by atoms with E-state index in [4.69, 9.17) is 4.74 Å². The molecule has 152 valence electrons. The number of nitrogens with zero attached hydrogens (tertiary/aromatic N) is 4. The van der Waals surface area contributed by atoms with Gasteiger partial charge in [0.25, 0.3) is 6.43 Å². The summed E-state index contributed by atoms with van der Waals surface area (Å²) in [7, 11) is 0. The molecule has 0 unspecified atom stereocenters. The van der Waals surface area contributed by atoms with Crippen molar-refractivity contribution in [2.24, 2.45) is 0 Å². The Balaban J connectivity index is 1.67. The lowest BCUT2D eigenvalue weighted by atomic mass is 10.2. The molecule has 1 saturated heterocycles. The largest absolute Gasteiger partial charge is 0.444 e. The summed E-state index contributed by atoms with van der Waals surface area (Å²) in [6, 6.07) is 6.03. The number of carbonyl (C=O) groups excluding carboxylic acids is 1. The third-order valence-electron chi connectivity index (χ3n) is 4.29. The van der Waals surface area contributed by atoms with E-state index in [9.17, 15) is 13.6 Å². The van der Waals surface area contributed by atoms with Crippen molar-refractivity contribution in [3.05, 3.63) is 40.5 Å². The van der Waals surface area contributed by atoms with Gasteiger partial charge in [0.05, 0.1) is 10.2 Å². The molecule has 0 spiro atoms. The van der Waals surface area contributed by atoms with E-state index in [1.807, 2.05) is 20.8 Å². The first-order valence-electron chi connectivity index (χ1n) is 9.00. The highest BCUT2D eigenvalue weighted by Gasteiger charge is 2.27. The first-order chi connectivity index (χ1) is 13.1. The topological polar surface area (TPSA) is 50.6 Å². The van der Waals surface area contributed by atoms with Crippen molar-refractivity contribution in [1.29, 1.82) is 0 Å². The first kappa shape index (κ1) is 20.6. The van der Waals surface area contributed by atoms with Crippen LogP contribution in [0.15, 0.2) is 34.9 Å². The lowest BCUT2D eigenvalue weighted by Gasteiger charge is -2.35. The Morgan fingerprint density at radius 2 is 1.75 bits per heavy atom. The van der Waals surface area contributed by atoms with E-state index in [1.54, 1.807) is 27.9 Å². The molecule has 1 fully saturated rings. The molecule has 1 aliphatic heterocycles. The molecular formula is C19H23BrF2N4O2. The van der Waals surface area contributed by atoms with E-state index in [2.05, 4.69) is 25.9 Å². The average Bonchev–Trinajstić information content (AvgIpc) is 3.02. The van der Waals surface area contributed by atoms with Crippen molar-refractivity contribution in [1.82, 2.24) is 14.7 Å². The van der Waals surface area contributed by atoms with Crippen LogP contribution in [-0.2, 0) is 4.74 Å². The second kappa shape index (κ2) is 8.06. The number of hydrogen-bond acceptors (Lipinski definition) is 4. The highest BCUT2D eigenvalue weighted by Crippen LogP contribution is 2.28. The van der Waals surface area contributed by atoms with Gasteiger partial charge in [-0.1, -0.05) is 12.1 Å². The number of aromatic nitrogens is 2. The number of hydrogen-bond donors (Lipinski definition) is 0. The number of ether oxygens (including phenoxy) is 1. The van der Waals surface area contributed by atoms with Gasteiger partial charge in [0.15, 0.2) is 5.82 Å². The number of alkyl halides is 2. The van der Waals surface area contributed by atoms with Gasteiger partial charge in [0, 0.05) is 37.9 Å². The molecule has 0 N–H and O–H groups in total. The molecule has 9 heteroatoms. The quantitative estimate of drug-likeness (QED) is 0.675. The van der Waals surface area contributed by atoms with E-state index in [-0.39, 0.29) is 11.7 Å². The van der Waals surface area contributed by atoms with Crippen LogP contribution in [0.4, 0.5) is 19.4 Å². The summed E-state index contributed by atoms with van der Waals surface area (Å²) >= 11 is 3.52. The molecule has 0 saturated carbocycles. The van der Waals surface area contributed by atoms with Crippen LogP contribution < -0.4 is 4.90 Å². The molecule has 2 heterocycles. The Kier molecular flexibility index (Phi) is 5.92. The number of halogens is 3. The minimum absolute atomic E-state index is 0.0199. The predicted molar refractivity (Wildman–Crippen MR) is 106 cm³/mol. The Bertz CT molecular complexity index is 825. The Labute approximate surface area is 171 Å². The third-order valence-corrected chi connectivity index (χ3v) is 4.85. The van der Waals surface area contributed by atoms with Gasteiger partial charge in [-0.3, -0.25) is 0 Å². The lowest BCUT2D eigenvalue weighted by Crippen LogP contribution is -2.50. The molecule has 0 aliphatic carbocycles. The molecule has 1 aromatic carbocycles. The average molecular weight is 457 g/mol. The molecule has 0 atom stereocenters. The van der Waals surface area contributed by atoms with Crippen LogP contribution >= 0.6 is 15.9 Å². The van der Waals surface area contributed by atoms with E-state index in [0.29, 0.717) is 31.9 Å². The fourth-order valence-corrected chi connectivity index (χ4v) is 3.41. The zero-order chi connectivity index (χ0) is 20.5. The van der Waals surface area contributed by atoms with E-state index < -0.39 is 12.0 Å². The maximum absolute atomic E-state index is 12.7. The summed E-state index contributed by atoms with van der Waals surface area (Å²) < 4.78 is 33.3. The van der Waals surface area contributed by atoms with Crippen molar-refractivity contribution >= 4 is 27.8 Å². The molecule has 1 aliphatic rings. The molecule has 1 aromatic heterocycles. The van der Waals surface area contributed by atoms with Gasteiger partial charge in [-0.25, -0.2) is 18.3 Å². The van der Waals surface area contributed by atoms with Crippen LogP contribution in [0, 0.1) is 0 Å². The zero-order valence-corrected chi connectivity index (χ0v) is 17.6. The number of piperazine rings is 1. The molecule has 1 amide bonds. The van der Waals surface area contributed by atoms with Crippen LogP contribution in [0.5, 0.6) is 0 Å². The van der Waals surface area contributed by atoms with Crippen LogP contribution in [0.2, 0.25) is 0 Å². The molecule has 0 radical (unpaired) electrons. The van der Waals surface area contributed by atoms with Gasteiger partial charge in [0.2, 0.25) is 0 Å². The summed E-state index contributed by atoms with van der Waals surface area (Å²) in [5, 5.41) is 4.58. The molecule has 6 nitrogen and oxygen atoms in total. The van der Waals surface area contributed by atoms with Gasteiger partial charge < -0.3 is 14.5 Å². The Hall–Kier alpha value is -2.16. The summed E-state index contributed by atoms with van der Waals surface area (Å²) in [5.41, 5.74) is 0.160. The fourth-order valence-electron chi connectivity index (χ4n) is 2.89. The number of rotatable bonds is 3. The minimum atomic E-state index is -2.49. The SMILES string of the molecule is CC(C)(C)OC(=O)N1CCN(c2nn(-c3ccc(C(F)F)cc3)cc2Br)CC1. The number of benzene rings is 1. The summed E-state index contributed by atoms with van der Waals surface area (Å²) in [6.45, 7) is 7.86. The van der Waals surface area contributed by atoms with Gasteiger partial charge in [-0.2, -0.15) is 0 Å². The van der Waals surface area contributed by atoms with Gasteiger partial charge in [-0.05, 0) is 48.8 Å². The van der Waals surface area contributed by atoms with E-state index >= 15 is 0 Å². The number of anilines is 1. The van der Waals surface area contributed by atoms with Crippen LogP contribution in [0.1, 0.15) is 32.8 Å². The maximum atomic E-state index is 12.7. The third kappa shape index (κ3) is 4.81. The standard InChI is InChI=1S/C19H23BrF2N4O2/c1-19(2,3)28-18(27)25-10-8-24(9-11-25)17-15(20)12-26(23-17)14-6-4-13(5-7-14)16(21)22/h4-7,12,16H,8-11H2,1-3H3. The summed E-state index contributed by atoms with van der Waals surface area (Å²) in [5.74, 6) is 0.752. The normalized spacial score (nSPS) is 15.2. The predicted octanol–water partition coefficient (Wildman–Crippen LogP) is 4.63. The van der Waals surface area contributed by atoms with Crippen LogP contribution in [-0.4, -0.2) is 52.6 Å². The highest BCUT2D eigenvalue weighted by molar-refractivity contribution is 9.10. The Morgan fingerprint density at radius 3 is 2.29 bits per heavy atom. The molecule has 2 aromatic rings. The van der Waals surface area contributed by atoms with Crippen molar-refractivity contribution in [2.45, 2.75) is 32.8 Å². The van der Waals surface area contributed by atoms with Crippen molar-refractivity contribution < 1.29 is 18.3 Å². The maximum Gasteiger partial charge on any atom is 0.410 e. The zero-order valence-electron chi connectivity index (χ0n) is 16.0. The second-order valence-corrected chi connectivity index (χ2v) is 8.45. The van der Waals surface area contributed by atoms with Gasteiger partial charge in [-0.15, -0.1) is 5.10 Å². The lowest BCUT2D eigenvalue weighted by molar-refractivity contribution is 0.0240. The fraction of sp³-hybridized carbons (Fsp3) is 0.474. The molecule has 3 rings (SSSR count). The van der Waals surface area contributed by atoms with Crippen molar-refractivity contribution in [2.75, 3.05) is 31.1 Å². The summed E-state index contributed by atoms with van der Waals surface area (Å²) in [6.07, 6.45) is -1.00. The van der Waals surface area contributed by atoms with Crippen LogP contribution in [0.25, 0.3) is 5.69 Å². The van der Waals surface area contributed by atoms with E-state index in [1.165, 1.54) is 12.1 Å². The number of amides is 1. The van der Waals surface area contributed by atoms with Crippen LogP contribution in [0.3, 0.4) is 0 Å². The highest BCUT2D eigenvalue weighted by atomic mass is 79.9. The monoisotopic (exact) mass is 456 g/mol. The van der Waals surface area contributed by atoms with Gasteiger partial charge in [0.1, 0.15) is 5.60 Å². The number of carbonyl (C=O) groups is 1. The van der Waals surface area contributed by atoms with E-state index in [0.717, 1.165) is 10.3 Å². The van der Waals surface area contributed by atoms with Crippen molar-refractivity contribution in [3.8, 4) is 5.69 Å². The molecular weight excluding hydrogens is 434 g/mol. The minimum Gasteiger partial charge on any atom is -0.444 e. The smallest absolute Gasteiger partial charge is 0.410 e. The summed E-state index contributed by atoms with van der Waals surface area (Å²) in [4.78, 5) is 16.0.